The maximum absolute atomic E-state index is 13.7. The van der Waals surface area contributed by atoms with E-state index in [9.17, 15) is 13.2 Å². The zero-order valence-electron chi connectivity index (χ0n) is 11.7. The lowest BCUT2D eigenvalue weighted by Crippen LogP contribution is -2.02. The van der Waals surface area contributed by atoms with Crippen LogP contribution in [0.25, 0.3) is 0 Å². The molecule has 0 saturated carbocycles. The minimum Gasteiger partial charge on any atom is -0.204 e. The van der Waals surface area contributed by atoms with Crippen LogP contribution in [0, 0.1) is 17.5 Å². The van der Waals surface area contributed by atoms with Crippen molar-refractivity contribution < 1.29 is 13.2 Å². The monoisotopic (exact) mass is 312 g/mol. The van der Waals surface area contributed by atoms with E-state index in [0.29, 0.717) is 5.56 Å². The Morgan fingerprint density at radius 2 is 1.62 bits per heavy atom. The Labute approximate surface area is 127 Å². The Morgan fingerprint density at radius 1 is 0.952 bits per heavy atom. The van der Waals surface area contributed by atoms with E-state index in [4.69, 9.17) is 11.6 Å². The average molecular weight is 313 g/mol. The van der Waals surface area contributed by atoms with Gasteiger partial charge in [-0.3, -0.25) is 0 Å². The molecule has 0 aliphatic carbocycles. The van der Waals surface area contributed by atoms with Crippen LogP contribution in [0.1, 0.15) is 41.8 Å². The Bertz CT molecular complexity index is 608. The van der Waals surface area contributed by atoms with E-state index < -0.39 is 22.8 Å². The summed E-state index contributed by atoms with van der Waals surface area (Å²) in [5, 5.41) is -0.847. The molecule has 112 valence electrons. The largest absolute Gasteiger partial charge is 0.204 e. The fourth-order valence-corrected chi connectivity index (χ4v) is 2.46. The predicted octanol–water partition coefficient (Wildman–Crippen LogP) is 5.77. The van der Waals surface area contributed by atoms with Gasteiger partial charge in [0.15, 0.2) is 17.5 Å². The third-order valence-electron chi connectivity index (χ3n) is 3.43. The highest BCUT2D eigenvalue weighted by Gasteiger charge is 2.20. The van der Waals surface area contributed by atoms with Gasteiger partial charge in [-0.05, 0) is 30.0 Å². The number of hydrogen-bond donors (Lipinski definition) is 0. The van der Waals surface area contributed by atoms with Crippen molar-refractivity contribution in [3.05, 3.63) is 70.5 Å². The van der Waals surface area contributed by atoms with E-state index in [1.165, 1.54) is 11.6 Å². The molecule has 4 heteroatoms. The summed E-state index contributed by atoms with van der Waals surface area (Å²) in [4.78, 5) is 0. The molecule has 0 aromatic heterocycles. The number of unbranched alkanes of at least 4 members (excludes halogenated alkanes) is 1. The standard InChI is InChI=1S/C17H16ClF3/c1-2-3-4-11-5-7-12(8-6-11)15(18)13-9-10-14(19)17(21)16(13)20/h5-10,15H,2-4H2,1H3. The van der Waals surface area contributed by atoms with E-state index in [1.54, 1.807) is 12.1 Å². The van der Waals surface area contributed by atoms with Gasteiger partial charge < -0.3 is 0 Å². The van der Waals surface area contributed by atoms with Crippen molar-refractivity contribution in [2.45, 2.75) is 31.6 Å². The summed E-state index contributed by atoms with van der Waals surface area (Å²) in [5.41, 5.74) is 1.77. The van der Waals surface area contributed by atoms with Crippen LogP contribution in [0.2, 0.25) is 0 Å². The Kier molecular flexibility index (Phi) is 5.29. The van der Waals surface area contributed by atoms with Gasteiger partial charge in [-0.25, -0.2) is 13.2 Å². The van der Waals surface area contributed by atoms with Gasteiger partial charge in [0.05, 0.1) is 5.38 Å². The quantitative estimate of drug-likeness (QED) is 0.485. The summed E-state index contributed by atoms with van der Waals surface area (Å²) in [7, 11) is 0. The lowest BCUT2D eigenvalue weighted by molar-refractivity contribution is 0.441. The number of alkyl halides is 1. The molecule has 2 aromatic rings. The minimum absolute atomic E-state index is 0.0584. The number of halogens is 4. The van der Waals surface area contributed by atoms with E-state index in [0.717, 1.165) is 25.3 Å². The molecule has 2 rings (SSSR count). The summed E-state index contributed by atoms with van der Waals surface area (Å²) < 4.78 is 39.9. The predicted molar refractivity (Wildman–Crippen MR) is 79.1 cm³/mol. The molecule has 0 nitrogen and oxygen atoms in total. The lowest BCUT2D eigenvalue weighted by atomic mass is 10.0. The maximum Gasteiger partial charge on any atom is 0.194 e. The molecule has 0 amide bonds. The van der Waals surface area contributed by atoms with Crippen LogP contribution in [0.4, 0.5) is 13.2 Å². The summed E-state index contributed by atoms with van der Waals surface area (Å²) >= 11 is 6.19. The second-order valence-corrected chi connectivity index (χ2v) is 5.41. The molecule has 1 unspecified atom stereocenters. The molecule has 0 aliphatic heterocycles. The van der Waals surface area contributed by atoms with Crippen molar-refractivity contribution in [1.82, 2.24) is 0 Å². The molecule has 0 bridgehead atoms. The van der Waals surface area contributed by atoms with Crippen molar-refractivity contribution in [3.63, 3.8) is 0 Å². The van der Waals surface area contributed by atoms with Crippen LogP contribution in [0.5, 0.6) is 0 Å². The molecule has 0 spiro atoms. The smallest absolute Gasteiger partial charge is 0.194 e. The lowest BCUT2D eigenvalue weighted by Gasteiger charge is -2.13. The topological polar surface area (TPSA) is 0 Å². The van der Waals surface area contributed by atoms with E-state index in [-0.39, 0.29) is 5.56 Å². The molecule has 1 atom stereocenters. The highest BCUT2D eigenvalue weighted by atomic mass is 35.5. The van der Waals surface area contributed by atoms with Crippen molar-refractivity contribution >= 4 is 11.6 Å². The normalized spacial score (nSPS) is 12.4. The average Bonchev–Trinajstić information content (AvgIpc) is 2.51. The van der Waals surface area contributed by atoms with Crippen LogP contribution in [0.3, 0.4) is 0 Å². The molecule has 0 aliphatic rings. The van der Waals surface area contributed by atoms with Crippen molar-refractivity contribution in [1.29, 1.82) is 0 Å². The van der Waals surface area contributed by atoms with Crippen LogP contribution < -0.4 is 0 Å². The molecular weight excluding hydrogens is 297 g/mol. The summed E-state index contributed by atoms with van der Waals surface area (Å²) in [6, 6.07) is 9.51. The second kappa shape index (κ2) is 6.99. The highest BCUT2D eigenvalue weighted by Crippen LogP contribution is 2.32. The fourth-order valence-electron chi connectivity index (χ4n) is 2.15. The van der Waals surface area contributed by atoms with Gasteiger partial charge in [-0.15, -0.1) is 11.6 Å². The van der Waals surface area contributed by atoms with Crippen LogP contribution >= 0.6 is 11.6 Å². The number of rotatable bonds is 5. The molecule has 0 radical (unpaired) electrons. The first-order chi connectivity index (χ1) is 10.0. The maximum atomic E-state index is 13.7. The first-order valence-electron chi connectivity index (χ1n) is 6.91. The number of aryl methyl sites for hydroxylation is 1. The first kappa shape index (κ1) is 15.9. The number of benzene rings is 2. The molecular formula is C17H16ClF3. The molecule has 2 aromatic carbocycles. The summed E-state index contributed by atoms with van der Waals surface area (Å²) in [6.45, 7) is 2.12. The Balaban J connectivity index is 2.24. The molecule has 21 heavy (non-hydrogen) atoms. The second-order valence-electron chi connectivity index (χ2n) is 4.97. The van der Waals surface area contributed by atoms with Crippen LogP contribution in [-0.2, 0) is 6.42 Å². The fraction of sp³-hybridized carbons (Fsp3) is 0.294. The molecule has 0 N–H and O–H groups in total. The van der Waals surface area contributed by atoms with Gasteiger partial charge in [0.1, 0.15) is 0 Å². The summed E-state index contributed by atoms with van der Waals surface area (Å²) in [5.74, 6) is -3.93. The Morgan fingerprint density at radius 3 is 2.24 bits per heavy atom. The third kappa shape index (κ3) is 3.59. The molecule has 0 saturated heterocycles. The van der Waals surface area contributed by atoms with Gasteiger partial charge >= 0.3 is 0 Å². The highest BCUT2D eigenvalue weighted by molar-refractivity contribution is 6.22. The van der Waals surface area contributed by atoms with Gasteiger partial charge in [0, 0.05) is 5.56 Å². The van der Waals surface area contributed by atoms with E-state index in [1.807, 2.05) is 12.1 Å². The van der Waals surface area contributed by atoms with Crippen molar-refractivity contribution in [2.75, 3.05) is 0 Å². The first-order valence-corrected chi connectivity index (χ1v) is 7.34. The minimum atomic E-state index is -1.49. The zero-order valence-corrected chi connectivity index (χ0v) is 12.4. The van der Waals surface area contributed by atoms with Gasteiger partial charge in [0.25, 0.3) is 0 Å². The molecule has 0 heterocycles. The zero-order chi connectivity index (χ0) is 15.4. The molecule has 0 fully saturated rings. The van der Waals surface area contributed by atoms with Gasteiger partial charge in [0.2, 0.25) is 0 Å². The van der Waals surface area contributed by atoms with Gasteiger partial charge in [-0.2, -0.15) is 0 Å². The SMILES string of the molecule is CCCCc1ccc(C(Cl)c2ccc(F)c(F)c2F)cc1. The van der Waals surface area contributed by atoms with Crippen molar-refractivity contribution in [3.8, 4) is 0 Å². The van der Waals surface area contributed by atoms with E-state index >= 15 is 0 Å². The van der Waals surface area contributed by atoms with E-state index in [2.05, 4.69) is 6.92 Å². The Hall–Kier alpha value is -1.48. The summed E-state index contributed by atoms with van der Waals surface area (Å²) in [6.07, 6.45) is 3.19. The number of hydrogen-bond acceptors (Lipinski definition) is 0. The van der Waals surface area contributed by atoms with Crippen LogP contribution in [-0.4, -0.2) is 0 Å². The van der Waals surface area contributed by atoms with Crippen LogP contribution in [0.15, 0.2) is 36.4 Å². The van der Waals surface area contributed by atoms with Gasteiger partial charge in [-0.1, -0.05) is 43.7 Å². The van der Waals surface area contributed by atoms with Crippen molar-refractivity contribution in [2.24, 2.45) is 0 Å². The third-order valence-corrected chi connectivity index (χ3v) is 3.92.